The zero-order valence-corrected chi connectivity index (χ0v) is 27.9. The van der Waals surface area contributed by atoms with Crippen molar-refractivity contribution >= 4 is 16.8 Å². The number of ether oxygens (including phenoxy) is 2. The van der Waals surface area contributed by atoms with Gasteiger partial charge in [0, 0.05) is 80.6 Å². The number of rotatable bonds is 12. The van der Waals surface area contributed by atoms with Crippen molar-refractivity contribution in [1.82, 2.24) is 25.0 Å². The molecule has 1 amide bonds. The monoisotopic (exact) mass is 678 g/mol. The molecule has 0 radical (unpaired) electrons. The van der Waals surface area contributed by atoms with E-state index in [1.165, 1.54) is 23.3 Å². The zero-order valence-electron chi connectivity index (χ0n) is 27.9. The van der Waals surface area contributed by atoms with Crippen LogP contribution in [0.3, 0.4) is 0 Å². The Kier molecular flexibility index (Phi) is 10.8. The van der Waals surface area contributed by atoms with Gasteiger partial charge in [0.1, 0.15) is 11.5 Å². The molecule has 49 heavy (non-hydrogen) atoms. The number of benzene rings is 3. The number of aromatic nitrogens is 1. The number of carbonyl (C=O) groups excluding carboxylic acids is 1. The summed E-state index contributed by atoms with van der Waals surface area (Å²) >= 11 is 0. The van der Waals surface area contributed by atoms with Crippen LogP contribution in [-0.2, 0) is 24.4 Å². The van der Waals surface area contributed by atoms with Crippen molar-refractivity contribution in [2.24, 2.45) is 5.73 Å². The largest absolute Gasteiger partial charge is 0.573 e. The molecule has 262 valence electrons. The smallest absolute Gasteiger partial charge is 0.496 e. The van der Waals surface area contributed by atoms with Crippen LogP contribution in [0.4, 0.5) is 13.2 Å². The topological polar surface area (TPSA) is 97.0 Å². The van der Waals surface area contributed by atoms with Gasteiger partial charge in [0.2, 0.25) is 5.91 Å². The van der Waals surface area contributed by atoms with E-state index in [2.05, 4.69) is 54.0 Å². The highest BCUT2D eigenvalue weighted by molar-refractivity contribution is 5.96. The van der Waals surface area contributed by atoms with Crippen molar-refractivity contribution in [1.29, 1.82) is 0 Å². The average molecular weight is 679 g/mol. The number of hydrogen-bond donors (Lipinski definition) is 3. The normalized spacial score (nSPS) is 17.2. The number of halogens is 3. The number of piperazine rings is 1. The lowest BCUT2D eigenvalue weighted by atomic mass is 9.88. The minimum atomic E-state index is -4.75. The van der Waals surface area contributed by atoms with Crippen LogP contribution in [0.5, 0.6) is 11.5 Å². The maximum Gasteiger partial charge on any atom is 0.573 e. The fraction of sp³-hybridized carbons (Fsp3) is 0.432. The molecular weight excluding hydrogens is 633 g/mol. The first-order valence-electron chi connectivity index (χ1n) is 16.9. The van der Waals surface area contributed by atoms with Crippen LogP contribution in [0.25, 0.3) is 22.0 Å². The molecule has 0 unspecified atom stereocenters. The summed E-state index contributed by atoms with van der Waals surface area (Å²) in [5.41, 5.74) is 10.6. The molecule has 2 saturated heterocycles. The molecule has 3 heterocycles. The summed E-state index contributed by atoms with van der Waals surface area (Å²) in [5.74, 6) is 0.542. The molecule has 0 aliphatic carbocycles. The summed E-state index contributed by atoms with van der Waals surface area (Å²) in [6.07, 6.45) is -0.790. The Bertz CT molecular complexity index is 1710. The molecule has 6 rings (SSSR count). The van der Waals surface area contributed by atoms with E-state index in [1.807, 2.05) is 24.4 Å². The first-order chi connectivity index (χ1) is 23.6. The lowest BCUT2D eigenvalue weighted by Crippen LogP contribution is -2.59. The third-order valence-electron chi connectivity index (χ3n) is 9.61. The number of amides is 1. The van der Waals surface area contributed by atoms with E-state index < -0.39 is 11.9 Å². The van der Waals surface area contributed by atoms with Crippen LogP contribution in [0, 0.1) is 0 Å². The van der Waals surface area contributed by atoms with Gasteiger partial charge in [0.05, 0.1) is 12.6 Å². The number of para-hydroxylation sites is 1. The summed E-state index contributed by atoms with van der Waals surface area (Å²) < 4.78 is 50.2. The van der Waals surface area contributed by atoms with Crippen LogP contribution >= 0.6 is 0 Å². The van der Waals surface area contributed by atoms with E-state index in [1.54, 1.807) is 19.2 Å². The second kappa shape index (κ2) is 15.2. The fourth-order valence-electron chi connectivity index (χ4n) is 6.86. The van der Waals surface area contributed by atoms with Crippen molar-refractivity contribution in [3.63, 3.8) is 0 Å². The van der Waals surface area contributed by atoms with E-state index >= 15 is 0 Å². The van der Waals surface area contributed by atoms with Gasteiger partial charge in [0.15, 0.2) is 0 Å². The van der Waals surface area contributed by atoms with Gasteiger partial charge in [-0.3, -0.25) is 14.6 Å². The Balaban J connectivity index is 1.15. The molecule has 9 nitrogen and oxygen atoms in total. The van der Waals surface area contributed by atoms with E-state index in [-0.39, 0.29) is 11.7 Å². The standard InChI is InChI=1S/C37H45F3N6O3/c1-48-34-6-3-2-5-29(34)25-45-21-19-44(20-22-45)24-27-7-12-33-31(23-27)32(28-8-10-30(11-9-28)49-37(38,39)40)26-46(33)18-4-15-43-35(47)36(41)13-16-42-17-14-36/h2-3,5-12,23,26,42H,4,13-22,24-25,41H2,1H3,(H,43,47). The predicted octanol–water partition coefficient (Wildman–Crippen LogP) is 5.12. The molecule has 3 aromatic carbocycles. The summed E-state index contributed by atoms with van der Waals surface area (Å²) in [5, 5.41) is 7.29. The quantitative estimate of drug-likeness (QED) is 0.179. The number of piperidine rings is 1. The summed E-state index contributed by atoms with van der Waals surface area (Å²) in [6, 6.07) is 20.6. The highest BCUT2D eigenvalue weighted by atomic mass is 19.4. The van der Waals surface area contributed by atoms with E-state index in [9.17, 15) is 18.0 Å². The molecule has 0 saturated carbocycles. The van der Waals surface area contributed by atoms with Gasteiger partial charge in [-0.25, -0.2) is 0 Å². The number of hydrogen-bond acceptors (Lipinski definition) is 7. The minimum Gasteiger partial charge on any atom is -0.496 e. The number of fused-ring (bicyclic) bond motifs is 1. The van der Waals surface area contributed by atoms with E-state index in [4.69, 9.17) is 10.5 Å². The Morgan fingerprint density at radius 1 is 0.959 bits per heavy atom. The van der Waals surface area contributed by atoms with Crippen molar-refractivity contribution < 1.29 is 27.4 Å². The number of aryl methyl sites for hydroxylation is 1. The maximum absolute atomic E-state index is 12.8. The summed E-state index contributed by atoms with van der Waals surface area (Å²) in [7, 11) is 1.71. The third-order valence-corrected chi connectivity index (χ3v) is 9.61. The minimum absolute atomic E-state index is 0.113. The summed E-state index contributed by atoms with van der Waals surface area (Å²) in [4.78, 5) is 17.7. The zero-order chi connectivity index (χ0) is 34.4. The van der Waals surface area contributed by atoms with Gasteiger partial charge < -0.3 is 30.4 Å². The molecule has 4 N–H and O–H groups in total. The molecule has 2 aliphatic heterocycles. The van der Waals surface area contributed by atoms with Crippen molar-refractivity contribution in [2.75, 3.05) is 52.9 Å². The van der Waals surface area contributed by atoms with Gasteiger partial charge in [0.25, 0.3) is 0 Å². The molecule has 4 aromatic rings. The van der Waals surface area contributed by atoms with E-state index in [0.717, 1.165) is 80.1 Å². The molecular formula is C37H45F3N6O3. The number of nitrogens with two attached hydrogens (primary N) is 1. The highest BCUT2D eigenvalue weighted by Crippen LogP contribution is 2.34. The number of alkyl halides is 3. The summed E-state index contributed by atoms with van der Waals surface area (Å²) in [6.45, 7) is 8.03. The van der Waals surface area contributed by atoms with Crippen LogP contribution < -0.4 is 25.8 Å². The number of methoxy groups -OCH3 is 1. The average Bonchev–Trinajstić information content (AvgIpc) is 3.45. The molecule has 0 spiro atoms. The van der Waals surface area contributed by atoms with Gasteiger partial charge in [-0.15, -0.1) is 13.2 Å². The second-order valence-corrected chi connectivity index (χ2v) is 13.0. The van der Waals surface area contributed by atoms with Crippen LogP contribution in [0.15, 0.2) is 72.9 Å². The van der Waals surface area contributed by atoms with Crippen LogP contribution in [-0.4, -0.2) is 85.1 Å². The Hall–Kier alpha value is -4.10. The van der Waals surface area contributed by atoms with Gasteiger partial charge >= 0.3 is 6.36 Å². The van der Waals surface area contributed by atoms with Crippen molar-refractivity contribution in [3.8, 4) is 22.6 Å². The van der Waals surface area contributed by atoms with Crippen LogP contribution in [0.1, 0.15) is 30.4 Å². The van der Waals surface area contributed by atoms with Crippen molar-refractivity contribution in [3.05, 3.63) is 84.1 Å². The van der Waals surface area contributed by atoms with Gasteiger partial charge in [-0.05, 0) is 73.8 Å². The Labute approximate surface area is 285 Å². The fourth-order valence-corrected chi connectivity index (χ4v) is 6.86. The Morgan fingerprint density at radius 2 is 1.65 bits per heavy atom. The third kappa shape index (κ3) is 8.74. The second-order valence-electron chi connectivity index (χ2n) is 13.0. The molecule has 1 aromatic heterocycles. The van der Waals surface area contributed by atoms with Crippen molar-refractivity contribution in [2.45, 2.75) is 50.8 Å². The highest BCUT2D eigenvalue weighted by Gasteiger charge is 2.35. The SMILES string of the molecule is COc1ccccc1CN1CCN(Cc2ccc3c(c2)c(-c2ccc(OC(F)(F)F)cc2)cn3CCCNC(=O)C2(N)CCNCC2)CC1. The Morgan fingerprint density at radius 3 is 2.35 bits per heavy atom. The lowest BCUT2D eigenvalue weighted by molar-refractivity contribution is -0.274. The molecule has 2 aliphatic rings. The molecule has 12 heteroatoms. The number of nitrogens with one attached hydrogen (secondary N) is 2. The van der Waals surface area contributed by atoms with Gasteiger partial charge in [-0.2, -0.15) is 0 Å². The number of carbonyl (C=O) groups is 1. The maximum atomic E-state index is 12.8. The van der Waals surface area contributed by atoms with Gasteiger partial charge in [-0.1, -0.05) is 36.4 Å². The van der Waals surface area contributed by atoms with Crippen LogP contribution in [0.2, 0.25) is 0 Å². The lowest BCUT2D eigenvalue weighted by Gasteiger charge is -2.35. The first kappa shape index (κ1) is 34.8. The van der Waals surface area contributed by atoms with E-state index in [0.29, 0.717) is 32.4 Å². The first-order valence-corrected chi connectivity index (χ1v) is 16.9. The molecule has 2 fully saturated rings. The predicted molar refractivity (Wildman–Crippen MR) is 184 cm³/mol. The molecule has 0 atom stereocenters. The molecule has 0 bridgehead atoms. The number of nitrogens with zero attached hydrogens (tertiary/aromatic N) is 3.